The standard InChI is InChI=1S/C51H83N3O8/c1-7-10-11-12-13-14-15-16-17-22-34-59-49(57)54(27-8-2)46-38-44(52-62-50(4,5)6)42-36-39(23-18-20-31-55)41(24-19-21-32-56)47-43-37-40(58-35-30-53-28-29-53)25-26-45(43)61-51(46,48(42)47)60-33-9-3/h9,25-26,36-37,39,41,46-48,55-56H,3,7-8,10-24,27-35,38H2,1-2,4-6H3. The number of oxime groups is 1. The van der Waals surface area contributed by atoms with Crippen LogP contribution in [0.2, 0.25) is 0 Å². The van der Waals surface area contributed by atoms with E-state index in [1.165, 1.54) is 44.9 Å². The van der Waals surface area contributed by atoms with Gasteiger partial charge in [-0.15, -0.1) is 6.58 Å². The second-order valence-corrected chi connectivity index (χ2v) is 19.2. The van der Waals surface area contributed by atoms with Gasteiger partial charge in [-0.3, -0.25) is 9.80 Å². The number of carbonyl (C=O) groups is 1. The van der Waals surface area contributed by atoms with Gasteiger partial charge < -0.3 is 34.0 Å². The molecule has 2 aliphatic heterocycles. The Bertz CT molecular complexity index is 1570. The highest BCUT2D eigenvalue weighted by Gasteiger charge is 2.65. The smallest absolute Gasteiger partial charge is 0.410 e. The van der Waals surface area contributed by atoms with Crippen LogP contribution < -0.4 is 9.47 Å². The van der Waals surface area contributed by atoms with Gasteiger partial charge in [-0.05, 0) is 94.9 Å². The van der Waals surface area contributed by atoms with E-state index in [4.69, 9.17) is 28.9 Å². The van der Waals surface area contributed by atoms with Gasteiger partial charge in [-0.25, -0.2) is 4.79 Å². The minimum absolute atomic E-state index is 0.106. The summed E-state index contributed by atoms with van der Waals surface area (Å²) in [5.74, 6) is 0.0379. The lowest BCUT2D eigenvalue weighted by Gasteiger charge is -2.60. The Morgan fingerprint density at radius 3 is 2.27 bits per heavy atom. The molecule has 6 atom stereocenters. The molecular formula is C51H83N3O8. The van der Waals surface area contributed by atoms with Gasteiger partial charge in [0.25, 0.3) is 0 Å². The first-order valence-corrected chi connectivity index (χ1v) is 24.7. The second kappa shape index (κ2) is 25.4. The predicted octanol–water partition coefficient (Wildman–Crippen LogP) is 10.6. The molecule has 0 radical (unpaired) electrons. The van der Waals surface area contributed by atoms with E-state index >= 15 is 0 Å². The fraction of sp³-hybridized carbons (Fsp3) is 0.765. The molecule has 0 bridgehead atoms. The summed E-state index contributed by atoms with van der Waals surface area (Å²) in [4.78, 5) is 25.0. The number of allylic oxidation sites excluding steroid dienone is 1. The molecule has 4 aliphatic rings. The zero-order valence-corrected chi connectivity index (χ0v) is 39.3. The van der Waals surface area contributed by atoms with Crippen LogP contribution in [0, 0.1) is 17.8 Å². The summed E-state index contributed by atoms with van der Waals surface area (Å²) in [6.45, 7) is 19.4. The number of ether oxygens (including phenoxy) is 4. The van der Waals surface area contributed by atoms with E-state index in [0.717, 1.165) is 99.3 Å². The third-order valence-electron chi connectivity index (χ3n) is 13.1. The van der Waals surface area contributed by atoms with Crippen LogP contribution in [0.3, 0.4) is 0 Å². The molecule has 2 N–H and O–H groups in total. The van der Waals surface area contributed by atoms with Gasteiger partial charge in [-0.1, -0.05) is 102 Å². The molecule has 11 nitrogen and oxygen atoms in total. The zero-order valence-electron chi connectivity index (χ0n) is 39.3. The summed E-state index contributed by atoms with van der Waals surface area (Å²) >= 11 is 0. The van der Waals surface area contributed by atoms with E-state index in [2.05, 4.69) is 37.5 Å². The van der Waals surface area contributed by atoms with Gasteiger partial charge in [0, 0.05) is 57.3 Å². The molecule has 2 heterocycles. The minimum Gasteiger partial charge on any atom is -0.492 e. The van der Waals surface area contributed by atoms with Crippen molar-refractivity contribution in [3.8, 4) is 11.5 Å². The molecule has 5 rings (SSSR count). The Morgan fingerprint density at radius 1 is 0.935 bits per heavy atom. The summed E-state index contributed by atoms with van der Waals surface area (Å²) in [5.41, 5.74) is 2.33. The lowest BCUT2D eigenvalue weighted by molar-refractivity contribution is -0.255. The van der Waals surface area contributed by atoms with Crippen molar-refractivity contribution in [2.45, 2.75) is 174 Å². The van der Waals surface area contributed by atoms with Crippen molar-refractivity contribution in [1.29, 1.82) is 0 Å². The molecule has 1 saturated heterocycles. The summed E-state index contributed by atoms with van der Waals surface area (Å²) in [5, 5.41) is 24.8. The van der Waals surface area contributed by atoms with Gasteiger partial charge in [0.05, 0.1) is 24.8 Å². The monoisotopic (exact) mass is 866 g/mol. The lowest BCUT2D eigenvalue weighted by atomic mass is 9.55. The molecule has 1 aromatic rings. The highest BCUT2D eigenvalue weighted by Crippen LogP contribution is 2.62. The molecule has 2 fully saturated rings. The molecule has 6 unspecified atom stereocenters. The van der Waals surface area contributed by atoms with E-state index in [9.17, 15) is 15.0 Å². The average molecular weight is 866 g/mol. The average Bonchev–Trinajstić information content (AvgIpc) is 4.09. The highest BCUT2D eigenvalue weighted by atomic mass is 16.7. The molecule has 0 spiro atoms. The third-order valence-corrected chi connectivity index (χ3v) is 13.1. The minimum atomic E-state index is -1.31. The molecule has 1 amide bonds. The first kappa shape index (κ1) is 49.9. The van der Waals surface area contributed by atoms with E-state index in [-0.39, 0.29) is 49.6 Å². The van der Waals surface area contributed by atoms with Crippen molar-refractivity contribution in [3.63, 3.8) is 0 Å². The van der Waals surface area contributed by atoms with Crippen molar-refractivity contribution in [2.24, 2.45) is 22.9 Å². The number of aliphatic hydroxyl groups is 2. The van der Waals surface area contributed by atoms with Gasteiger partial charge in [0.2, 0.25) is 5.79 Å². The zero-order chi connectivity index (χ0) is 44.4. The maximum Gasteiger partial charge on any atom is 0.410 e. The van der Waals surface area contributed by atoms with Gasteiger partial charge in [0.15, 0.2) is 0 Å². The largest absolute Gasteiger partial charge is 0.492 e. The lowest BCUT2D eigenvalue weighted by Crippen LogP contribution is -2.70. The van der Waals surface area contributed by atoms with Crippen LogP contribution in [0.1, 0.15) is 162 Å². The van der Waals surface area contributed by atoms with Crippen LogP contribution in [0.15, 0.2) is 47.7 Å². The predicted molar refractivity (Wildman–Crippen MR) is 248 cm³/mol. The maximum absolute atomic E-state index is 14.6. The molecule has 2 aliphatic carbocycles. The molecule has 0 aromatic heterocycles. The number of hydrogen-bond acceptors (Lipinski definition) is 10. The Hall–Kier alpha value is -3.12. The molecule has 62 heavy (non-hydrogen) atoms. The molecule has 11 heteroatoms. The number of carbonyl (C=O) groups excluding carboxylic acids is 1. The Kier molecular flexibility index (Phi) is 20.4. The van der Waals surface area contributed by atoms with Crippen LogP contribution in [0.5, 0.6) is 11.5 Å². The maximum atomic E-state index is 14.6. The van der Waals surface area contributed by atoms with Crippen LogP contribution in [-0.4, -0.2) is 108 Å². The number of rotatable bonds is 30. The summed E-state index contributed by atoms with van der Waals surface area (Å²) in [7, 11) is 0. The van der Waals surface area contributed by atoms with Crippen LogP contribution in [-0.2, 0) is 14.3 Å². The molecule has 1 aromatic carbocycles. The summed E-state index contributed by atoms with van der Waals surface area (Å²) in [6, 6.07) is 5.59. The number of nitrogens with zero attached hydrogens (tertiary/aromatic N) is 3. The van der Waals surface area contributed by atoms with Gasteiger partial charge in [0.1, 0.15) is 29.7 Å². The van der Waals surface area contributed by atoms with Crippen molar-refractivity contribution in [1.82, 2.24) is 9.80 Å². The summed E-state index contributed by atoms with van der Waals surface area (Å²) < 4.78 is 27.1. The topological polar surface area (TPSA) is 122 Å². The molecule has 350 valence electrons. The van der Waals surface area contributed by atoms with E-state index in [1.807, 2.05) is 37.8 Å². The molecular weight excluding hydrogens is 783 g/mol. The first-order valence-electron chi connectivity index (χ1n) is 24.7. The first-order chi connectivity index (χ1) is 30.1. The van der Waals surface area contributed by atoms with E-state index < -0.39 is 17.4 Å². The van der Waals surface area contributed by atoms with Crippen LogP contribution in [0.25, 0.3) is 0 Å². The Balaban J connectivity index is 1.55. The number of benzene rings is 1. The van der Waals surface area contributed by atoms with Crippen molar-refractivity contribution >= 4 is 11.8 Å². The summed E-state index contributed by atoms with van der Waals surface area (Å²) in [6.07, 6.45) is 21.8. The Morgan fingerprint density at radius 2 is 1.63 bits per heavy atom. The van der Waals surface area contributed by atoms with E-state index in [1.54, 1.807) is 6.08 Å². The number of hydrogen-bond donors (Lipinski definition) is 2. The molecule has 1 saturated carbocycles. The van der Waals surface area contributed by atoms with Crippen LogP contribution in [0.4, 0.5) is 4.79 Å². The third kappa shape index (κ3) is 13.9. The van der Waals surface area contributed by atoms with Crippen LogP contribution >= 0.6 is 0 Å². The number of aliphatic hydroxyl groups excluding tert-OH is 2. The van der Waals surface area contributed by atoms with Crippen molar-refractivity contribution in [3.05, 3.63) is 48.1 Å². The number of amides is 1. The quantitative estimate of drug-likeness (QED) is 0.0337. The second-order valence-electron chi connectivity index (χ2n) is 19.2. The number of fused-ring (bicyclic) bond motifs is 2. The van der Waals surface area contributed by atoms with Gasteiger partial charge >= 0.3 is 6.09 Å². The fourth-order valence-corrected chi connectivity index (χ4v) is 9.96. The normalized spacial score (nSPS) is 24.7. The fourth-order valence-electron chi connectivity index (χ4n) is 9.96. The van der Waals surface area contributed by atoms with Gasteiger partial charge in [-0.2, -0.15) is 0 Å². The van der Waals surface area contributed by atoms with Crippen molar-refractivity contribution in [2.75, 3.05) is 59.2 Å². The number of unbranched alkanes of at least 4 members (excludes halogenated alkanes) is 11. The Labute approximate surface area is 374 Å². The highest BCUT2D eigenvalue weighted by molar-refractivity contribution is 6.03. The SMILES string of the molecule is C=CCOC12Oc3ccc(OCCN4CC4)cc3C3C(CCCCO)C(CCCCO)C=C(C(=NOC(C)(C)C)CC1N(CCC)C(=O)OCCCCCCCCCCCC)C32. The van der Waals surface area contributed by atoms with Crippen molar-refractivity contribution < 1.29 is 38.8 Å². The van der Waals surface area contributed by atoms with E-state index in [0.29, 0.717) is 39.0 Å².